The van der Waals surface area contributed by atoms with E-state index >= 15 is 0 Å². The predicted octanol–water partition coefficient (Wildman–Crippen LogP) is 3.17. The molecule has 5 nitrogen and oxygen atoms in total. The third-order valence-corrected chi connectivity index (χ3v) is 4.04. The summed E-state index contributed by atoms with van der Waals surface area (Å²) in [7, 11) is 1.56. The van der Waals surface area contributed by atoms with Gasteiger partial charge in [0.2, 0.25) is 0 Å². The first-order chi connectivity index (χ1) is 11.9. The Morgan fingerprint density at radius 1 is 1.12 bits per heavy atom. The predicted molar refractivity (Wildman–Crippen MR) is 96.4 cm³/mol. The Morgan fingerprint density at radius 2 is 1.88 bits per heavy atom. The zero-order valence-electron chi connectivity index (χ0n) is 14.6. The molecule has 2 aromatic rings. The Balaban J connectivity index is 1.93. The van der Waals surface area contributed by atoms with Gasteiger partial charge in [0.25, 0.3) is 5.91 Å². The molecule has 0 fully saturated rings. The third kappa shape index (κ3) is 4.79. The molecule has 3 N–H and O–H groups in total. The van der Waals surface area contributed by atoms with Crippen molar-refractivity contribution in [2.45, 2.75) is 20.3 Å². The highest BCUT2D eigenvalue weighted by molar-refractivity contribution is 5.98. The molecule has 0 saturated heterocycles. The van der Waals surface area contributed by atoms with Crippen LogP contribution in [0.25, 0.3) is 0 Å². The van der Waals surface area contributed by atoms with E-state index in [0.29, 0.717) is 29.8 Å². The van der Waals surface area contributed by atoms with Gasteiger partial charge in [0, 0.05) is 24.8 Å². The van der Waals surface area contributed by atoms with Crippen LogP contribution >= 0.6 is 0 Å². The standard InChI is InChI=1S/C19H22FN3O2/c1-12-11-15(20)8-7-14(12)9-10-22-19(25)23-17-6-4-5-16(13(17)2)18(24)21-3/h4-8,11H,9-10H2,1-3H3,(H,21,24)(H2,22,23,25). The molecule has 25 heavy (non-hydrogen) atoms. The van der Waals surface area contributed by atoms with Gasteiger partial charge in [0.05, 0.1) is 0 Å². The summed E-state index contributed by atoms with van der Waals surface area (Å²) >= 11 is 0. The molecule has 6 heteroatoms. The number of aryl methyl sites for hydroxylation is 1. The summed E-state index contributed by atoms with van der Waals surface area (Å²) in [6.07, 6.45) is 0.608. The zero-order valence-corrected chi connectivity index (χ0v) is 14.6. The zero-order chi connectivity index (χ0) is 18.4. The van der Waals surface area contributed by atoms with Crippen molar-refractivity contribution in [3.8, 4) is 0 Å². The lowest BCUT2D eigenvalue weighted by Crippen LogP contribution is -2.31. The monoisotopic (exact) mass is 343 g/mol. The van der Waals surface area contributed by atoms with Gasteiger partial charge in [-0.2, -0.15) is 0 Å². The first-order valence-corrected chi connectivity index (χ1v) is 8.04. The van der Waals surface area contributed by atoms with Crippen molar-refractivity contribution in [2.24, 2.45) is 0 Å². The van der Waals surface area contributed by atoms with E-state index in [1.54, 1.807) is 38.2 Å². The van der Waals surface area contributed by atoms with Gasteiger partial charge in [0.1, 0.15) is 5.82 Å². The largest absolute Gasteiger partial charge is 0.355 e. The number of hydrogen-bond donors (Lipinski definition) is 3. The highest BCUT2D eigenvalue weighted by atomic mass is 19.1. The Morgan fingerprint density at radius 3 is 2.56 bits per heavy atom. The van der Waals surface area contributed by atoms with Crippen molar-refractivity contribution < 1.29 is 14.0 Å². The third-order valence-electron chi connectivity index (χ3n) is 4.04. The average molecular weight is 343 g/mol. The fourth-order valence-corrected chi connectivity index (χ4v) is 2.57. The molecule has 0 spiro atoms. The number of anilines is 1. The van der Waals surface area contributed by atoms with E-state index in [4.69, 9.17) is 0 Å². The van der Waals surface area contributed by atoms with Crippen molar-refractivity contribution >= 4 is 17.6 Å². The van der Waals surface area contributed by atoms with Crippen LogP contribution in [0.3, 0.4) is 0 Å². The van der Waals surface area contributed by atoms with Crippen molar-refractivity contribution in [1.29, 1.82) is 0 Å². The van der Waals surface area contributed by atoms with Gasteiger partial charge < -0.3 is 16.0 Å². The van der Waals surface area contributed by atoms with E-state index in [-0.39, 0.29) is 17.8 Å². The van der Waals surface area contributed by atoms with Gasteiger partial charge in [-0.25, -0.2) is 9.18 Å². The van der Waals surface area contributed by atoms with Gasteiger partial charge in [0.15, 0.2) is 0 Å². The molecule has 132 valence electrons. The number of rotatable bonds is 5. The molecule has 0 aliphatic carbocycles. The number of carbonyl (C=O) groups excluding carboxylic acids is 2. The fraction of sp³-hybridized carbons (Fsp3) is 0.263. The molecule has 0 saturated carbocycles. The van der Waals surface area contributed by atoms with E-state index < -0.39 is 0 Å². The van der Waals surface area contributed by atoms with Crippen LogP contribution in [0.4, 0.5) is 14.9 Å². The van der Waals surface area contributed by atoms with Crippen LogP contribution in [0.1, 0.15) is 27.0 Å². The lowest BCUT2D eigenvalue weighted by molar-refractivity contribution is 0.0962. The van der Waals surface area contributed by atoms with Crippen LogP contribution < -0.4 is 16.0 Å². The molecule has 0 aromatic heterocycles. The summed E-state index contributed by atoms with van der Waals surface area (Å²) in [4.78, 5) is 23.9. The van der Waals surface area contributed by atoms with Crippen LogP contribution in [0.5, 0.6) is 0 Å². The van der Waals surface area contributed by atoms with Crippen LogP contribution in [-0.2, 0) is 6.42 Å². The Labute approximate surface area is 146 Å². The molecule has 0 aliphatic heterocycles. The van der Waals surface area contributed by atoms with Crippen molar-refractivity contribution in [3.05, 3.63) is 64.5 Å². The first kappa shape index (κ1) is 18.4. The van der Waals surface area contributed by atoms with Crippen LogP contribution in [0.2, 0.25) is 0 Å². The Kier molecular flexibility index (Phi) is 6.11. The second kappa shape index (κ2) is 8.28. The molecule has 2 rings (SSSR count). The van der Waals surface area contributed by atoms with Gasteiger partial charge in [-0.15, -0.1) is 0 Å². The molecule has 0 radical (unpaired) electrons. The number of amides is 3. The maximum absolute atomic E-state index is 13.1. The van der Waals surface area contributed by atoms with Crippen molar-refractivity contribution in [2.75, 3.05) is 18.9 Å². The summed E-state index contributed by atoms with van der Waals surface area (Å²) in [6, 6.07) is 9.42. The number of benzene rings is 2. The summed E-state index contributed by atoms with van der Waals surface area (Å²) in [5, 5.41) is 8.09. The van der Waals surface area contributed by atoms with E-state index in [1.807, 2.05) is 6.92 Å². The highest BCUT2D eigenvalue weighted by Crippen LogP contribution is 2.18. The Hall–Kier alpha value is -2.89. The first-order valence-electron chi connectivity index (χ1n) is 8.04. The molecule has 0 unspecified atom stereocenters. The topological polar surface area (TPSA) is 70.2 Å². The second-order valence-corrected chi connectivity index (χ2v) is 5.76. The summed E-state index contributed by atoms with van der Waals surface area (Å²) in [6.45, 7) is 4.04. The van der Waals surface area contributed by atoms with Gasteiger partial charge in [-0.3, -0.25) is 4.79 Å². The molecule has 0 aliphatic rings. The van der Waals surface area contributed by atoms with Gasteiger partial charge in [-0.05, 0) is 61.2 Å². The minimum Gasteiger partial charge on any atom is -0.355 e. The molecular formula is C19H22FN3O2. The smallest absolute Gasteiger partial charge is 0.319 e. The van der Waals surface area contributed by atoms with E-state index in [9.17, 15) is 14.0 Å². The number of carbonyl (C=O) groups is 2. The molecule has 0 atom stereocenters. The van der Waals surface area contributed by atoms with E-state index in [1.165, 1.54) is 12.1 Å². The van der Waals surface area contributed by atoms with E-state index in [0.717, 1.165) is 11.1 Å². The lowest BCUT2D eigenvalue weighted by atomic mass is 10.1. The number of nitrogens with one attached hydrogen (secondary N) is 3. The van der Waals surface area contributed by atoms with Crippen molar-refractivity contribution in [3.63, 3.8) is 0 Å². The molecule has 3 amide bonds. The molecule has 0 bridgehead atoms. The highest BCUT2D eigenvalue weighted by Gasteiger charge is 2.11. The van der Waals surface area contributed by atoms with Gasteiger partial charge in [-0.1, -0.05) is 12.1 Å². The van der Waals surface area contributed by atoms with E-state index in [2.05, 4.69) is 16.0 Å². The molecule has 2 aromatic carbocycles. The average Bonchev–Trinajstić information content (AvgIpc) is 2.58. The maximum Gasteiger partial charge on any atom is 0.319 e. The van der Waals surface area contributed by atoms with Gasteiger partial charge >= 0.3 is 6.03 Å². The maximum atomic E-state index is 13.1. The fourth-order valence-electron chi connectivity index (χ4n) is 2.57. The SMILES string of the molecule is CNC(=O)c1cccc(NC(=O)NCCc2ccc(F)cc2C)c1C. The summed E-state index contributed by atoms with van der Waals surface area (Å²) < 4.78 is 13.1. The number of halogens is 1. The summed E-state index contributed by atoms with van der Waals surface area (Å²) in [5.74, 6) is -0.466. The van der Waals surface area contributed by atoms with Crippen molar-refractivity contribution in [1.82, 2.24) is 10.6 Å². The lowest BCUT2D eigenvalue weighted by Gasteiger charge is -2.13. The minimum absolute atomic E-state index is 0.201. The Bertz CT molecular complexity index is 790. The van der Waals surface area contributed by atoms with Crippen LogP contribution in [0.15, 0.2) is 36.4 Å². The van der Waals surface area contributed by atoms with Crippen LogP contribution in [-0.4, -0.2) is 25.5 Å². The quantitative estimate of drug-likeness (QED) is 0.780. The normalized spacial score (nSPS) is 10.2. The number of hydrogen-bond acceptors (Lipinski definition) is 2. The van der Waals surface area contributed by atoms with Crippen LogP contribution in [0, 0.1) is 19.7 Å². The molecular weight excluding hydrogens is 321 g/mol. The summed E-state index contributed by atoms with van der Waals surface area (Å²) in [5.41, 5.74) is 3.64. The number of urea groups is 1. The molecule has 0 heterocycles. The second-order valence-electron chi connectivity index (χ2n) is 5.76. The minimum atomic E-state index is -0.350.